The molecule has 0 saturated carbocycles. The quantitative estimate of drug-likeness (QED) is 0.829. The number of nitrogens with zero attached hydrogens (tertiary/aromatic N) is 1. The number of ether oxygens (including phenoxy) is 1. The fourth-order valence-electron chi connectivity index (χ4n) is 2.68. The number of halogens is 3. The van der Waals surface area contributed by atoms with Gasteiger partial charge in [0, 0.05) is 19.1 Å². The highest BCUT2D eigenvalue weighted by Crippen LogP contribution is 2.32. The second-order valence-corrected chi connectivity index (χ2v) is 7.72. The molecule has 2 unspecified atom stereocenters. The lowest BCUT2D eigenvalue weighted by Crippen LogP contribution is -2.59. The molecule has 5 nitrogen and oxygen atoms in total. The third kappa shape index (κ3) is 7.39. The minimum Gasteiger partial charge on any atom is -0.444 e. The fraction of sp³-hybridized carbons (Fsp3) is 0.933. The predicted molar refractivity (Wildman–Crippen MR) is 80.1 cm³/mol. The minimum atomic E-state index is -4.36. The van der Waals surface area contributed by atoms with Crippen molar-refractivity contribution in [3.8, 4) is 0 Å². The number of carbonyl (C=O) groups excluding carboxylic acids is 1. The van der Waals surface area contributed by atoms with Crippen molar-refractivity contribution in [2.24, 2.45) is 0 Å². The average molecular weight is 340 g/mol. The van der Waals surface area contributed by atoms with Crippen LogP contribution in [0.15, 0.2) is 0 Å². The number of carbonyl (C=O) groups is 1. The van der Waals surface area contributed by atoms with Crippen molar-refractivity contribution in [3.05, 3.63) is 0 Å². The van der Waals surface area contributed by atoms with E-state index in [1.165, 1.54) is 18.7 Å². The van der Waals surface area contributed by atoms with Crippen molar-refractivity contribution in [3.63, 3.8) is 0 Å². The zero-order valence-corrected chi connectivity index (χ0v) is 14.3. The molecule has 1 saturated heterocycles. The number of amides is 1. The molecule has 0 spiro atoms. The molecule has 2 N–H and O–H groups in total. The van der Waals surface area contributed by atoms with E-state index in [1.54, 1.807) is 20.8 Å². The standard InChI is InChI=1S/C15H27F3N2O3/c1-13(2,3)23-12(21)19-10-6-7-11(15(16,17)18)20(8-10)9-14(4,5)22/h10-11,22H,6-9H2,1-5H3,(H,19,21). The SMILES string of the molecule is CC(C)(O)CN1CC(NC(=O)OC(C)(C)C)CCC1C(F)(F)F. The number of β-amino-alcohol motifs (C(OH)–C–C–N with tert-alkyl or cyclic N) is 1. The lowest BCUT2D eigenvalue weighted by atomic mass is 9.95. The lowest BCUT2D eigenvalue weighted by Gasteiger charge is -2.42. The van der Waals surface area contributed by atoms with Crippen molar-refractivity contribution >= 4 is 6.09 Å². The highest BCUT2D eigenvalue weighted by atomic mass is 19.4. The summed E-state index contributed by atoms with van der Waals surface area (Å²) < 4.78 is 44.6. The minimum absolute atomic E-state index is 0.0212. The molecule has 8 heteroatoms. The van der Waals surface area contributed by atoms with Crippen molar-refractivity contribution in [1.29, 1.82) is 0 Å². The molecule has 1 fully saturated rings. The molecule has 0 bridgehead atoms. The van der Waals surface area contributed by atoms with Crippen LogP contribution in [0.1, 0.15) is 47.5 Å². The molecule has 0 aromatic heterocycles. The van der Waals surface area contributed by atoms with E-state index in [1.807, 2.05) is 0 Å². The zero-order chi connectivity index (χ0) is 18.1. The summed E-state index contributed by atoms with van der Waals surface area (Å²) in [6.07, 6.45) is -4.91. The van der Waals surface area contributed by atoms with E-state index in [-0.39, 0.29) is 25.9 Å². The first kappa shape index (κ1) is 20.0. The summed E-state index contributed by atoms with van der Waals surface area (Å²) in [5.41, 5.74) is -1.92. The van der Waals surface area contributed by atoms with Crippen molar-refractivity contribution in [2.75, 3.05) is 13.1 Å². The molecule has 1 aliphatic heterocycles. The summed E-state index contributed by atoms with van der Waals surface area (Å²) in [5.74, 6) is 0. The van der Waals surface area contributed by atoms with Crippen LogP contribution in [-0.4, -0.2) is 58.7 Å². The van der Waals surface area contributed by atoms with Crippen LogP contribution in [-0.2, 0) is 4.74 Å². The van der Waals surface area contributed by atoms with Gasteiger partial charge < -0.3 is 15.2 Å². The highest BCUT2D eigenvalue weighted by Gasteiger charge is 2.47. The van der Waals surface area contributed by atoms with E-state index in [9.17, 15) is 23.1 Å². The Hall–Kier alpha value is -1.02. The van der Waals surface area contributed by atoms with E-state index in [0.29, 0.717) is 0 Å². The first-order valence-electron chi connectivity index (χ1n) is 7.70. The van der Waals surface area contributed by atoms with Crippen LogP contribution in [0.4, 0.5) is 18.0 Å². The summed E-state index contributed by atoms with van der Waals surface area (Å²) >= 11 is 0. The predicted octanol–water partition coefficient (Wildman–Crippen LogP) is 2.68. The summed E-state index contributed by atoms with van der Waals surface area (Å²) in [6.45, 7) is 7.98. The van der Waals surface area contributed by atoms with Gasteiger partial charge in [0.15, 0.2) is 0 Å². The van der Waals surface area contributed by atoms with Gasteiger partial charge in [-0.2, -0.15) is 13.2 Å². The zero-order valence-electron chi connectivity index (χ0n) is 14.3. The molecule has 1 aliphatic rings. The van der Waals surface area contributed by atoms with E-state index >= 15 is 0 Å². The van der Waals surface area contributed by atoms with Crippen LogP contribution in [0, 0.1) is 0 Å². The van der Waals surface area contributed by atoms with Gasteiger partial charge in [-0.05, 0) is 47.5 Å². The molecule has 1 heterocycles. The second-order valence-electron chi connectivity index (χ2n) is 7.72. The van der Waals surface area contributed by atoms with Crippen LogP contribution in [0.25, 0.3) is 0 Å². The molecule has 1 rings (SSSR count). The fourth-order valence-corrected chi connectivity index (χ4v) is 2.68. The summed E-state index contributed by atoms with van der Waals surface area (Å²) in [5, 5.41) is 12.5. The van der Waals surface area contributed by atoms with Crippen LogP contribution in [0.5, 0.6) is 0 Å². The monoisotopic (exact) mass is 340 g/mol. The molecule has 0 radical (unpaired) electrons. The summed E-state index contributed by atoms with van der Waals surface area (Å²) in [4.78, 5) is 13.0. The maximum Gasteiger partial charge on any atom is 0.407 e. The first-order chi connectivity index (χ1) is 10.2. The Morgan fingerprint density at radius 1 is 1.22 bits per heavy atom. The molecule has 2 atom stereocenters. The Balaban J connectivity index is 2.73. The Morgan fingerprint density at radius 2 is 1.78 bits per heavy atom. The highest BCUT2D eigenvalue weighted by molar-refractivity contribution is 5.68. The van der Waals surface area contributed by atoms with Gasteiger partial charge >= 0.3 is 12.3 Å². The number of likely N-dealkylation sites (tertiary alicyclic amines) is 1. The third-order valence-electron chi connectivity index (χ3n) is 3.37. The Bertz CT molecular complexity index is 414. The summed E-state index contributed by atoms with van der Waals surface area (Å²) in [7, 11) is 0. The van der Waals surface area contributed by atoms with E-state index < -0.39 is 35.6 Å². The molecule has 0 aromatic rings. The molecule has 1 amide bonds. The number of hydrogen-bond donors (Lipinski definition) is 2. The Kier molecular flexibility index (Phi) is 5.96. The smallest absolute Gasteiger partial charge is 0.407 e. The van der Waals surface area contributed by atoms with Crippen LogP contribution >= 0.6 is 0 Å². The number of alkyl halides is 3. The van der Waals surface area contributed by atoms with E-state index in [0.717, 1.165) is 0 Å². The van der Waals surface area contributed by atoms with Crippen molar-refractivity contribution in [1.82, 2.24) is 10.2 Å². The summed E-state index contributed by atoms with van der Waals surface area (Å²) in [6, 6.07) is -2.04. The number of aliphatic hydroxyl groups is 1. The normalized spacial score (nSPS) is 24.4. The maximum absolute atomic E-state index is 13.1. The molecule has 0 aliphatic carbocycles. The topological polar surface area (TPSA) is 61.8 Å². The number of piperidine rings is 1. The second kappa shape index (κ2) is 6.84. The molecule has 23 heavy (non-hydrogen) atoms. The van der Waals surface area contributed by atoms with Gasteiger partial charge in [-0.25, -0.2) is 4.79 Å². The first-order valence-corrected chi connectivity index (χ1v) is 7.70. The van der Waals surface area contributed by atoms with Gasteiger partial charge in [0.2, 0.25) is 0 Å². The largest absolute Gasteiger partial charge is 0.444 e. The Labute approximate surface area is 135 Å². The third-order valence-corrected chi connectivity index (χ3v) is 3.37. The molecule has 0 aromatic carbocycles. The van der Waals surface area contributed by atoms with Crippen molar-refractivity contribution in [2.45, 2.75) is 76.9 Å². The van der Waals surface area contributed by atoms with Crippen LogP contribution < -0.4 is 5.32 Å². The number of rotatable bonds is 3. The van der Waals surface area contributed by atoms with Gasteiger partial charge in [0.1, 0.15) is 11.6 Å². The van der Waals surface area contributed by atoms with E-state index in [4.69, 9.17) is 4.74 Å². The molecular weight excluding hydrogens is 313 g/mol. The number of nitrogens with one attached hydrogen (secondary N) is 1. The van der Waals surface area contributed by atoms with Gasteiger partial charge in [-0.15, -0.1) is 0 Å². The van der Waals surface area contributed by atoms with Gasteiger partial charge in [-0.1, -0.05) is 0 Å². The van der Waals surface area contributed by atoms with Gasteiger partial charge in [0.25, 0.3) is 0 Å². The number of hydrogen-bond acceptors (Lipinski definition) is 4. The number of alkyl carbamates (subject to hydrolysis) is 1. The average Bonchev–Trinajstić information content (AvgIpc) is 2.21. The lowest BCUT2D eigenvalue weighted by molar-refractivity contribution is -0.198. The van der Waals surface area contributed by atoms with Gasteiger partial charge in [0.05, 0.1) is 5.60 Å². The van der Waals surface area contributed by atoms with Crippen LogP contribution in [0.3, 0.4) is 0 Å². The molecular formula is C15H27F3N2O3. The molecule has 136 valence electrons. The van der Waals surface area contributed by atoms with Gasteiger partial charge in [-0.3, -0.25) is 4.90 Å². The van der Waals surface area contributed by atoms with E-state index in [2.05, 4.69) is 5.32 Å². The van der Waals surface area contributed by atoms with Crippen molar-refractivity contribution < 1.29 is 27.8 Å². The maximum atomic E-state index is 13.1. The Morgan fingerprint density at radius 3 is 2.22 bits per heavy atom. The van der Waals surface area contributed by atoms with Crippen LogP contribution in [0.2, 0.25) is 0 Å².